The van der Waals surface area contributed by atoms with Crippen LogP contribution in [-0.4, -0.2) is 14.3 Å². The van der Waals surface area contributed by atoms with E-state index in [1.807, 2.05) is 36.0 Å². The number of sulfonamides is 1. The monoisotopic (exact) mass is 408 g/mol. The van der Waals surface area contributed by atoms with E-state index in [9.17, 15) is 22.0 Å². The van der Waals surface area contributed by atoms with Gasteiger partial charge < -0.3 is 0 Å². The Morgan fingerprint density at radius 3 is 2.26 bits per heavy atom. The van der Waals surface area contributed by atoms with Crippen molar-refractivity contribution in [1.82, 2.24) is 10.3 Å². The summed E-state index contributed by atoms with van der Waals surface area (Å²) >= 11 is 1.14. The van der Waals surface area contributed by atoms with Crippen LogP contribution in [0.15, 0.2) is 58.8 Å². The highest BCUT2D eigenvalue weighted by molar-refractivity contribution is 7.89. The lowest BCUT2D eigenvalue weighted by atomic mass is 10.1. The first-order valence-electron chi connectivity index (χ1n) is 7.69. The molecule has 0 radical (unpaired) electrons. The number of aryl methyl sites for hydroxylation is 1. The van der Waals surface area contributed by atoms with Gasteiger partial charge in [-0.25, -0.2) is 17.2 Å². The van der Waals surface area contributed by atoms with Gasteiger partial charge in [0, 0.05) is 11.6 Å². The van der Waals surface area contributed by atoms with E-state index in [4.69, 9.17) is 0 Å². The largest absolute Gasteiger partial charge is 0.276 e. The van der Waals surface area contributed by atoms with Crippen molar-refractivity contribution in [2.45, 2.75) is 11.8 Å². The molecule has 0 aliphatic rings. The third-order valence-corrected chi connectivity index (χ3v) is 5.82. The van der Waals surface area contributed by atoms with Gasteiger partial charge in [-0.3, -0.25) is 10.2 Å². The van der Waals surface area contributed by atoms with Crippen molar-refractivity contribution in [3.63, 3.8) is 0 Å². The van der Waals surface area contributed by atoms with E-state index in [0.717, 1.165) is 22.5 Å². The molecule has 0 saturated carbocycles. The highest BCUT2D eigenvalue weighted by atomic mass is 32.2. The fraction of sp³-hybridized carbons (Fsp3) is 0.0556. The zero-order chi connectivity index (χ0) is 19.6. The minimum atomic E-state index is -4.33. The summed E-state index contributed by atoms with van der Waals surface area (Å²) in [4.78, 5) is 13.9. The number of carbonyl (C=O) groups is 1. The molecule has 2 aromatic carbocycles. The number of amides is 1. The normalized spacial score (nSPS) is 11.4. The second kappa shape index (κ2) is 7.55. The van der Waals surface area contributed by atoms with Crippen molar-refractivity contribution in [1.29, 1.82) is 0 Å². The SMILES string of the molecule is Cc1ccc(-c2ccsc2C(=O)NNS(=O)(=O)c2cc(F)cc(F)c2)cc1. The number of benzene rings is 2. The van der Waals surface area contributed by atoms with E-state index in [0.29, 0.717) is 28.6 Å². The van der Waals surface area contributed by atoms with Gasteiger partial charge in [-0.2, -0.15) is 0 Å². The van der Waals surface area contributed by atoms with Gasteiger partial charge in [-0.1, -0.05) is 29.8 Å². The molecule has 2 N–H and O–H groups in total. The van der Waals surface area contributed by atoms with Gasteiger partial charge in [-0.15, -0.1) is 16.2 Å². The van der Waals surface area contributed by atoms with E-state index >= 15 is 0 Å². The van der Waals surface area contributed by atoms with Crippen LogP contribution in [0, 0.1) is 18.6 Å². The first kappa shape index (κ1) is 19.2. The molecule has 5 nitrogen and oxygen atoms in total. The first-order chi connectivity index (χ1) is 12.8. The summed E-state index contributed by atoms with van der Waals surface area (Å²) in [6, 6.07) is 11.1. The Labute approximate surface area is 158 Å². The van der Waals surface area contributed by atoms with Gasteiger partial charge in [0.1, 0.15) is 16.5 Å². The average molecular weight is 408 g/mol. The van der Waals surface area contributed by atoms with Crippen LogP contribution >= 0.6 is 11.3 Å². The molecule has 0 spiro atoms. The molecule has 0 aliphatic heterocycles. The van der Waals surface area contributed by atoms with Crippen LogP contribution in [0.2, 0.25) is 0 Å². The number of hydrazine groups is 1. The lowest BCUT2D eigenvalue weighted by Gasteiger charge is -2.09. The molecule has 0 fully saturated rings. The Balaban J connectivity index is 1.79. The van der Waals surface area contributed by atoms with Crippen molar-refractivity contribution >= 4 is 27.3 Å². The van der Waals surface area contributed by atoms with Crippen LogP contribution in [0.25, 0.3) is 11.1 Å². The van der Waals surface area contributed by atoms with Crippen molar-refractivity contribution in [2.75, 3.05) is 0 Å². The van der Waals surface area contributed by atoms with Gasteiger partial charge in [0.25, 0.3) is 15.9 Å². The number of hydrogen-bond donors (Lipinski definition) is 2. The molecule has 1 heterocycles. The van der Waals surface area contributed by atoms with E-state index < -0.39 is 32.5 Å². The number of rotatable bonds is 5. The van der Waals surface area contributed by atoms with Crippen molar-refractivity contribution in [3.05, 3.63) is 76.0 Å². The molecule has 9 heteroatoms. The zero-order valence-corrected chi connectivity index (χ0v) is 15.6. The maximum absolute atomic E-state index is 13.2. The predicted octanol–water partition coefficient (Wildman–Crippen LogP) is 3.63. The lowest BCUT2D eigenvalue weighted by molar-refractivity contribution is 0.0950. The molecule has 27 heavy (non-hydrogen) atoms. The summed E-state index contributed by atoms with van der Waals surface area (Å²) in [5.41, 5.74) is 4.59. The number of thiophene rings is 1. The Bertz CT molecular complexity index is 1070. The van der Waals surface area contributed by atoms with E-state index in [2.05, 4.69) is 5.43 Å². The molecule has 1 amide bonds. The second-order valence-corrected chi connectivity index (χ2v) is 8.29. The molecule has 1 aromatic heterocycles. The minimum absolute atomic E-state index is 0.298. The van der Waals surface area contributed by atoms with Crippen molar-refractivity contribution < 1.29 is 22.0 Å². The molecular formula is C18H14F2N2O3S2. The van der Waals surface area contributed by atoms with Gasteiger partial charge in [0.05, 0.1) is 4.90 Å². The van der Waals surface area contributed by atoms with Crippen LogP contribution in [0.5, 0.6) is 0 Å². The predicted molar refractivity (Wildman–Crippen MR) is 98.6 cm³/mol. The zero-order valence-electron chi connectivity index (χ0n) is 14.0. The molecule has 0 saturated heterocycles. The van der Waals surface area contributed by atoms with E-state index in [-0.39, 0.29) is 0 Å². The number of carbonyl (C=O) groups excluding carboxylic acids is 1. The van der Waals surface area contributed by atoms with Gasteiger partial charge in [0.15, 0.2) is 0 Å². The van der Waals surface area contributed by atoms with E-state index in [1.54, 1.807) is 11.4 Å². The smallest absolute Gasteiger partial charge is 0.273 e. The standard InChI is InChI=1S/C18H14F2N2O3S2/c1-11-2-4-12(5-3-11)16-6-7-26-17(16)18(23)21-22-27(24,25)15-9-13(19)8-14(20)10-15/h2-10,22H,1H3,(H,21,23). The molecule has 0 unspecified atom stereocenters. The first-order valence-corrected chi connectivity index (χ1v) is 10.1. The maximum atomic E-state index is 13.2. The van der Waals surface area contributed by atoms with Crippen molar-refractivity contribution in [3.8, 4) is 11.1 Å². The van der Waals surface area contributed by atoms with Crippen LogP contribution in [-0.2, 0) is 10.0 Å². The third kappa shape index (κ3) is 4.38. The maximum Gasteiger partial charge on any atom is 0.276 e. The van der Waals surface area contributed by atoms with Crippen LogP contribution in [0.3, 0.4) is 0 Å². The van der Waals surface area contributed by atoms with Gasteiger partial charge >= 0.3 is 0 Å². The minimum Gasteiger partial charge on any atom is -0.273 e. The van der Waals surface area contributed by atoms with Crippen LogP contribution in [0.4, 0.5) is 8.78 Å². The van der Waals surface area contributed by atoms with Crippen LogP contribution < -0.4 is 10.3 Å². The average Bonchev–Trinajstić information content (AvgIpc) is 3.09. The summed E-state index contributed by atoms with van der Waals surface area (Å²) in [5.74, 6) is -2.76. The molecule has 0 atom stereocenters. The second-order valence-electron chi connectivity index (χ2n) is 5.69. The Morgan fingerprint density at radius 1 is 1.00 bits per heavy atom. The summed E-state index contributed by atoms with van der Waals surface area (Å²) in [6.45, 7) is 1.94. The molecule has 3 aromatic rings. The highest BCUT2D eigenvalue weighted by Gasteiger charge is 2.20. The topological polar surface area (TPSA) is 75.3 Å². The number of hydrogen-bond acceptors (Lipinski definition) is 4. The summed E-state index contributed by atoms with van der Waals surface area (Å²) in [6.07, 6.45) is 0. The fourth-order valence-electron chi connectivity index (χ4n) is 2.36. The third-order valence-electron chi connectivity index (χ3n) is 3.68. The molecular weight excluding hydrogens is 394 g/mol. The highest BCUT2D eigenvalue weighted by Crippen LogP contribution is 2.28. The fourth-order valence-corrected chi connectivity index (χ4v) is 4.05. The summed E-state index contributed by atoms with van der Waals surface area (Å²) in [5, 5.41) is 1.71. The molecule has 3 rings (SSSR count). The van der Waals surface area contributed by atoms with Gasteiger partial charge in [0.2, 0.25) is 0 Å². The Kier molecular flexibility index (Phi) is 5.36. The molecule has 0 bridgehead atoms. The number of nitrogens with one attached hydrogen (secondary N) is 2. The Morgan fingerprint density at radius 2 is 1.63 bits per heavy atom. The Hall–Kier alpha value is -2.62. The molecule has 140 valence electrons. The summed E-state index contributed by atoms with van der Waals surface area (Å²) in [7, 11) is -4.33. The van der Waals surface area contributed by atoms with Crippen molar-refractivity contribution in [2.24, 2.45) is 0 Å². The van der Waals surface area contributed by atoms with Gasteiger partial charge in [-0.05, 0) is 36.1 Å². The summed E-state index contributed by atoms with van der Waals surface area (Å²) < 4.78 is 50.8. The molecule has 0 aliphatic carbocycles. The van der Waals surface area contributed by atoms with Crippen LogP contribution in [0.1, 0.15) is 15.2 Å². The lowest BCUT2D eigenvalue weighted by Crippen LogP contribution is -2.41. The quantitative estimate of drug-likeness (QED) is 0.633. The van der Waals surface area contributed by atoms with E-state index in [1.165, 1.54) is 0 Å². The number of halogens is 2.